The maximum Gasteiger partial charge on any atom is 0.275 e. The molecule has 0 unspecified atom stereocenters. The van der Waals surface area contributed by atoms with Crippen LogP contribution in [-0.4, -0.2) is 67.9 Å². The first kappa shape index (κ1) is 17.5. The largest absolute Gasteiger partial charge is 0.486 e. The fourth-order valence-corrected chi connectivity index (χ4v) is 3.34. The van der Waals surface area contributed by atoms with Gasteiger partial charge in [0.15, 0.2) is 18.0 Å². The smallest absolute Gasteiger partial charge is 0.275 e. The molecule has 1 saturated heterocycles. The van der Waals surface area contributed by atoms with Gasteiger partial charge in [0.05, 0.1) is 32.7 Å². The van der Waals surface area contributed by atoms with Gasteiger partial charge in [-0.05, 0) is 18.2 Å². The quantitative estimate of drug-likeness (QED) is 0.713. The molecule has 1 amide bonds. The molecule has 1 atom stereocenters. The van der Waals surface area contributed by atoms with Gasteiger partial charge in [-0.15, -0.1) is 0 Å². The van der Waals surface area contributed by atoms with Crippen molar-refractivity contribution in [2.75, 3.05) is 50.8 Å². The minimum absolute atomic E-state index is 0.0388. The topological polar surface area (TPSA) is 81.0 Å². The third-order valence-corrected chi connectivity index (χ3v) is 4.81. The molecule has 1 aromatic carbocycles. The molecule has 27 heavy (non-hydrogen) atoms. The first-order valence-electron chi connectivity index (χ1n) is 9.28. The van der Waals surface area contributed by atoms with Crippen LogP contribution in [-0.2, 0) is 4.79 Å². The number of piperazine rings is 1. The number of ether oxygens (including phenoxy) is 2. The van der Waals surface area contributed by atoms with Crippen LogP contribution in [0.4, 0.5) is 5.95 Å². The molecule has 142 valence electrons. The van der Waals surface area contributed by atoms with Gasteiger partial charge in [0, 0.05) is 12.4 Å². The maximum atomic E-state index is 12.3. The second-order valence-corrected chi connectivity index (χ2v) is 6.76. The van der Waals surface area contributed by atoms with Gasteiger partial charge < -0.3 is 24.6 Å². The summed E-state index contributed by atoms with van der Waals surface area (Å²) in [6, 6.07) is 9.40. The minimum atomic E-state index is -0.161. The summed E-state index contributed by atoms with van der Waals surface area (Å²) in [6.07, 6.45) is 3.35. The zero-order valence-electron chi connectivity index (χ0n) is 15.1. The van der Waals surface area contributed by atoms with Crippen molar-refractivity contribution in [3.05, 3.63) is 42.7 Å². The molecule has 1 fully saturated rings. The summed E-state index contributed by atoms with van der Waals surface area (Å²) >= 11 is 0. The molecular formula is C19H24N5O3+. The van der Waals surface area contributed by atoms with Gasteiger partial charge in [0.1, 0.15) is 12.7 Å². The Hall–Kier alpha value is -2.87. The number of para-hydroxylation sites is 2. The Morgan fingerprint density at radius 3 is 2.67 bits per heavy atom. The number of hydrogen-bond donors (Lipinski definition) is 2. The molecule has 4 rings (SSSR count). The zero-order chi connectivity index (χ0) is 18.5. The van der Waals surface area contributed by atoms with Crippen LogP contribution in [0.25, 0.3) is 0 Å². The Kier molecular flexibility index (Phi) is 5.34. The second-order valence-electron chi connectivity index (χ2n) is 6.76. The van der Waals surface area contributed by atoms with Crippen molar-refractivity contribution < 1.29 is 19.2 Å². The number of aromatic nitrogens is 2. The van der Waals surface area contributed by atoms with Gasteiger partial charge in [-0.2, -0.15) is 0 Å². The molecule has 0 saturated carbocycles. The highest BCUT2D eigenvalue weighted by Crippen LogP contribution is 2.30. The lowest BCUT2D eigenvalue weighted by Gasteiger charge is -2.32. The van der Waals surface area contributed by atoms with E-state index in [9.17, 15) is 4.79 Å². The highest BCUT2D eigenvalue weighted by atomic mass is 16.6. The Balaban J connectivity index is 1.19. The van der Waals surface area contributed by atoms with Crippen molar-refractivity contribution >= 4 is 11.9 Å². The van der Waals surface area contributed by atoms with E-state index < -0.39 is 0 Å². The van der Waals surface area contributed by atoms with Crippen molar-refractivity contribution in [2.45, 2.75) is 6.10 Å². The molecule has 0 bridgehead atoms. The Labute approximate surface area is 158 Å². The van der Waals surface area contributed by atoms with E-state index in [-0.39, 0.29) is 12.0 Å². The molecule has 2 aliphatic rings. The first-order chi connectivity index (χ1) is 13.3. The van der Waals surface area contributed by atoms with Crippen LogP contribution in [0.2, 0.25) is 0 Å². The van der Waals surface area contributed by atoms with Crippen molar-refractivity contribution in [1.82, 2.24) is 15.3 Å². The molecule has 2 N–H and O–H groups in total. The summed E-state index contributed by atoms with van der Waals surface area (Å²) in [7, 11) is 0. The van der Waals surface area contributed by atoms with Crippen LogP contribution in [0.5, 0.6) is 11.5 Å². The number of nitrogens with one attached hydrogen (secondary N) is 2. The van der Waals surface area contributed by atoms with E-state index in [1.165, 1.54) is 4.90 Å². The lowest BCUT2D eigenvalue weighted by atomic mass is 10.2. The van der Waals surface area contributed by atoms with Crippen molar-refractivity contribution in [3.8, 4) is 11.5 Å². The molecule has 1 aromatic heterocycles. The number of quaternary nitrogens is 1. The van der Waals surface area contributed by atoms with Crippen LogP contribution >= 0.6 is 0 Å². The van der Waals surface area contributed by atoms with Gasteiger partial charge in [-0.3, -0.25) is 4.79 Å². The third kappa shape index (κ3) is 4.46. The number of anilines is 1. The van der Waals surface area contributed by atoms with Crippen LogP contribution in [0, 0.1) is 0 Å². The summed E-state index contributed by atoms with van der Waals surface area (Å²) in [6.45, 7) is 4.84. The standard InChI is InChI=1S/C19H23N5O3/c25-18(22-12-15-14-26-16-4-1-2-5-17(16)27-15)13-23-8-10-24(11-9-23)19-20-6-3-7-21-19/h1-7,15H,8-14H2,(H,22,25)/p+1/t15-/m1/s1. The number of amides is 1. The van der Waals surface area contributed by atoms with Gasteiger partial charge in [0.2, 0.25) is 5.95 Å². The van der Waals surface area contributed by atoms with Crippen molar-refractivity contribution in [1.29, 1.82) is 0 Å². The maximum absolute atomic E-state index is 12.3. The highest BCUT2D eigenvalue weighted by molar-refractivity contribution is 5.76. The Morgan fingerprint density at radius 1 is 1.15 bits per heavy atom. The molecule has 0 spiro atoms. The average Bonchev–Trinajstić information content (AvgIpc) is 2.73. The van der Waals surface area contributed by atoms with E-state index in [0.29, 0.717) is 19.7 Å². The molecule has 8 heteroatoms. The monoisotopic (exact) mass is 370 g/mol. The number of carbonyl (C=O) groups is 1. The number of rotatable bonds is 5. The van der Waals surface area contributed by atoms with Crippen molar-refractivity contribution in [3.63, 3.8) is 0 Å². The highest BCUT2D eigenvalue weighted by Gasteiger charge is 2.25. The van der Waals surface area contributed by atoms with Gasteiger partial charge in [-0.1, -0.05) is 12.1 Å². The zero-order valence-corrected chi connectivity index (χ0v) is 15.1. The fourth-order valence-electron chi connectivity index (χ4n) is 3.34. The molecule has 0 radical (unpaired) electrons. The lowest BCUT2D eigenvalue weighted by molar-refractivity contribution is -0.892. The lowest BCUT2D eigenvalue weighted by Crippen LogP contribution is -3.16. The predicted octanol–water partition coefficient (Wildman–Crippen LogP) is -0.862. The normalized spacial score (nSPS) is 19.6. The van der Waals surface area contributed by atoms with Crippen LogP contribution in [0.15, 0.2) is 42.7 Å². The van der Waals surface area contributed by atoms with E-state index in [2.05, 4.69) is 20.2 Å². The first-order valence-corrected chi connectivity index (χ1v) is 9.28. The molecule has 8 nitrogen and oxygen atoms in total. The van der Waals surface area contributed by atoms with E-state index >= 15 is 0 Å². The molecule has 2 aliphatic heterocycles. The predicted molar refractivity (Wildman–Crippen MR) is 99.2 cm³/mol. The number of fused-ring (bicyclic) bond motifs is 1. The summed E-state index contributed by atoms with van der Waals surface area (Å²) in [5, 5.41) is 2.97. The third-order valence-electron chi connectivity index (χ3n) is 4.81. The molecule has 3 heterocycles. The van der Waals surface area contributed by atoms with E-state index in [4.69, 9.17) is 9.47 Å². The number of carbonyl (C=O) groups excluding carboxylic acids is 1. The van der Waals surface area contributed by atoms with Crippen LogP contribution < -0.4 is 24.6 Å². The van der Waals surface area contributed by atoms with Gasteiger partial charge >= 0.3 is 0 Å². The van der Waals surface area contributed by atoms with Gasteiger partial charge in [0.25, 0.3) is 5.91 Å². The molecular weight excluding hydrogens is 346 g/mol. The molecule has 2 aromatic rings. The summed E-state index contributed by atoms with van der Waals surface area (Å²) in [5.41, 5.74) is 0. The molecule has 0 aliphatic carbocycles. The Bertz CT molecular complexity index is 765. The number of hydrogen-bond acceptors (Lipinski definition) is 6. The fraction of sp³-hybridized carbons (Fsp3) is 0.421. The number of benzene rings is 1. The van der Waals surface area contributed by atoms with E-state index in [1.807, 2.05) is 30.3 Å². The average molecular weight is 370 g/mol. The van der Waals surface area contributed by atoms with Crippen molar-refractivity contribution in [2.24, 2.45) is 0 Å². The summed E-state index contributed by atoms with van der Waals surface area (Å²) in [5.74, 6) is 2.28. The summed E-state index contributed by atoms with van der Waals surface area (Å²) < 4.78 is 11.5. The second kappa shape index (κ2) is 8.22. The van der Waals surface area contributed by atoms with E-state index in [1.54, 1.807) is 12.4 Å². The SMILES string of the molecule is O=C(C[NH+]1CCN(c2ncccn2)CC1)NC[C@@H]1COc2ccccc2O1. The van der Waals surface area contributed by atoms with E-state index in [0.717, 1.165) is 43.6 Å². The summed E-state index contributed by atoms with van der Waals surface area (Å²) in [4.78, 5) is 24.3. The van der Waals surface area contributed by atoms with Crippen LogP contribution in [0.3, 0.4) is 0 Å². The number of nitrogens with zero attached hydrogens (tertiary/aromatic N) is 3. The minimum Gasteiger partial charge on any atom is -0.486 e. The van der Waals surface area contributed by atoms with Crippen LogP contribution in [0.1, 0.15) is 0 Å². The van der Waals surface area contributed by atoms with Gasteiger partial charge in [-0.25, -0.2) is 9.97 Å². The Morgan fingerprint density at radius 2 is 1.89 bits per heavy atom.